The number of piperidine rings is 1. The van der Waals surface area contributed by atoms with Crippen LogP contribution in [0.25, 0.3) is 0 Å². The lowest BCUT2D eigenvalue weighted by molar-refractivity contribution is -0.131. The van der Waals surface area contributed by atoms with Crippen LogP contribution in [0, 0.1) is 11.3 Å². The molecule has 1 aliphatic rings. The van der Waals surface area contributed by atoms with E-state index in [1.165, 1.54) is 13.2 Å². The van der Waals surface area contributed by atoms with Crippen molar-refractivity contribution in [2.24, 2.45) is 11.3 Å². The van der Waals surface area contributed by atoms with Gasteiger partial charge in [0.2, 0.25) is 5.88 Å². The van der Waals surface area contributed by atoms with Crippen molar-refractivity contribution in [1.82, 2.24) is 9.88 Å². The van der Waals surface area contributed by atoms with Crippen LogP contribution in [0.5, 0.6) is 5.88 Å². The summed E-state index contributed by atoms with van der Waals surface area (Å²) in [5.74, 6) is 1.09. The predicted molar refractivity (Wildman–Crippen MR) is 112 cm³/mol. The zero-order chi connectivity index (χ0) is 21.1. The molecule has 0 saturated carbocycles. The Balaban J connectivity index is 1.88. The van der Waals surface area contributed by atoms with Gasteiger partial charge >= 0.3 is 0 Å². The van der Waals surface area contributed by atoms with Crippen LogP contribution < -0.4 is 10.5 Å². The fourth-order valence-electron chi connectivity index (χ4n) is 3.73. The zero-order valence-electron chi connectivity index (χ0n) is 17.5. The Hall–Kier alpha value is -1.66. The molecule has 1 aromatic rings. The van der Waals surface area contributed by atoms with Crippen molar-refractivity contribution in [3.05, 3.63) is 16.7 Å². The Labute approximate surface area is 172 Å². The molecule has 28 heavy (non-hydrogen) atoms. The van der Waals surface area contributed by atoms with Crippen molar-refractivity contribution < 1.29 is 14.3 Å². The second-order valence-electron chi connectivity index (χ2n) is 8.64. The van der Waals surface area contributed by atoms with Gasteiger partial charge in [0, 0.05) is 11.8 Å². The lowest BCUT2D eigenvalue weighted by Crippen LogP contribution is -2.47. The van der Waals surface area contributed by atoms with Gasteiger partial charge in [0.15, 0.2) is 11.6 Å². The van der Waals surface area contributed by atoms with E-state index < -0.39 is 0 Å². The molecule has 2 N–H and O–H groups in total. The van der Waals surface area contributed by atoms with E-state index in [9.17, 15) is 9.59 Å². The topological polar surface area (TPSA) is 85.5 Å². The summed E-state index contributed by atoms with van der Waals surface area (Å²) < 4.78 is 5.18. The molecule has 0 aromatic carbocycles. The van der Waals surface area contributed by atoms with Crippen LogP contribution in [0.1, 0.15) is 63.7 Å². The average molecular weight is 410 g/mol. The number of hydrogen-bond acceptors (Lipinski definition) is 6. The number of Topliss-reactive ketones (excluding diaryl/α,β-unsaturated/α-hetero) is 2. The number of likely N-dealkylation sites (tertiary alicyclic amines) is 1. The molecule has 6 nitrogen and oxygen atoms in total. The molecule has 0 spiro atoms. The maximum Gasteiger partial charge on any atom is 0.226 e. The Kier molecular flexibility index (Phi) is 7.46. The van der Waals surface area contributed by atoms with E-state index in [4.69, 9.17) is 22.1 Å². The molecule has 1 aliphatic heterocycles. The average Bonchev–Trinajstić information content (AvgIpc) is 2.66. The number of nitrogens with two attached hydrogens (primary N) is 1. The summed E-state index contributed by atoms with van der Waals surface area (Å²) in [6, 6.07) is 1.47. The summed E-state index contributed by atoms with van der Waals surface area (Å²) in [6.07, 6.45) is 3.21. The maximum absolute atomic E-state index is 12.6. The van der Waals surface area contributed by atoms with Gasteiger partial charge in [-0.1, -0.05) is 32.4 Å². The van der Waals surface area contributed by atoms with Crippen molar-refractivity contribution >= 4 is 29.0 Å². The summed E-state index contributed by atoms with van der Waals surface area (Å²) in [7, 11) is 1.46. The lowest BCUT2D eigenvalue weighted by atomic mass is 9.84. The lowest BCUT2D eigenvalue weighted by Gasteiger charge is -2.37. The quantitative estimate of drug-likeness (QED) is 0.685. The first-order valence-corrected chi connectivity index (χ1v) is 10.2. The number of ether oxygens (including phenoxy) is 1. The van der Waals surface area contributed by atoms with Gasteiger partial charge < -0.3 is 10.5 Å². The van der Waals surface area contributed by atoms with Crippen LogP contribution in [-0.4, -0.2) is 47.7 Å². The Morgan fingerprint density at radius 1 is 1.36 bits per heavy atom. The molecule has 1 saturated heterocycles. The largest absolute Gasteiger partial charge is 0.480 e. The monoisotopic (exact) mass is 409 g/mol. The van der Waals surface area contributed by atoms with Crippen LogP contribution >= 0.6 is 11.6 Å². The first-order valence-electron chi connectivity index (χ1n) is 9.86. The van der Waals surface area contributed by atoms with Gasteiger partial charge in [-0.2, -0.15) is 4.98 Å². The first kappa shape index (κ1) is 22.6. The Bertz CT molecular complexity index is 722. The van der Waals surface area contributed by atoms with Gasteiger partial charge in [0.25, 0.3) is 0 Å². The van der Waals surface area contributed by atoms with Crippen LogP contribution in [-0.2, 0) is 4.79 Å². The van der Waals surface area contributed by atoms with E-state index >= 15 is 0 Å². The summed E-state index contributed by atoms with van der Waals surface area (Å²) in [5.41, 5.74) is 5.73. The third-order valence-corrected chi connectivity index (χ3v) is 5.86. The second-order valence-corrected chi connectivity index (χ2v) is 9.05. The van der Waals surface area contributed by atoms with Gasteiger partial charge in [-0.15, -0.1) is 0 Å². The number of carbonyl (C=O) groups excluding carboxylic acids is 2. The molecule has 1 aromatic heterocycles. The van der Waals surface area contributed by atoms with E-state index in [0.717, 1.165) is 32.4 Å². The van der Waals surface area contributed by atoms with Crippen LogP contribution in [0.15, 0.2) is 6.07 Å². The molecule has 0 radical (unpaired) electrons. The molecule has 7 heteroatoms. The highest BCUT2D eigenvalue weighted by molar-refractivity contribution is 6.33. The minimum atomic E-state index is -0.323. The number of methoxy groups -OCH3 is 1. The molecular formula is C21H32ClN3O3. The van der Waals surface area contributed by atoms with E-state index in [1.54, 1.807) is 0 Å². The van der Waals surface area contributed by atoms with E-state index in [2.05, 4.69) is 9.88 Å². The van der Waals surface area contributed by atoms with Crippen LogP contribution in [0.3, 0.4) is 0 Å². The van der Waals surface area contributed by atoms with Gasteiger partial charge in [-0.05, 0) is 51.3 Å². The van der Waals surface area contributed by atoms with Crippen molar-refractivity contribution in [3.8, 4) is 5.88 Å². The van der Waals surface area contributed by atoms with E-state index in [-0.39, 0.29) is 39.7 Å². The standard InChI is InChI=1S/C21H32ClN3O3/c1-13(18(27)21(2,3)4)25-10-8-14(9-11-25)6-7-17(26)15-12-16(22)19(23)24-20(15)28-5/h12-14H,6-11H2,1-5H3,(H2,23,24). The molecule has 2 rings (SSSR count). The number of ketones is 2. The Morgan fingerprint density at radius 3 is 2.50 bits per heavy atom. The number of pyridine rings is 1. The van der Waals surface area contributed by atoms with Crippen molar-refractivity contribution in [2.45, 2.75) is 59.4 Å². The van der Waals surface area contributed by atoms with Gasteiger partial charge in [-0.3, -0.25) is 14.5 Å². The number of carbonyl (C=O) groups is 2. The minimum absolute atomic E-state index is 0.0371. The fourth-order valence-corrected chi connectivity index (χ4v) is 3.88. The van der Waals surface area contributed by atoms with Crippen molar-refractivity contribution in [1.29, 1.82) is 0 Å². The smallest absolute Gasteiger partial charge is 0.226 e. The maximum atomic E-state index is 12.6. The molecule has 0 bridgehead atoms. The summed E-state index contributed by atoms with van der Waals surface area (Å²) >= 11 is 6.01. The summed E-state index contributed by atoms with van der Waals surface area (Å²) in [4.78, 5) is 31.4. The number of hydrogen-bond donors (Lipinski definition) is 1. The molecule has 1 unspecified atom stereocenters. The molecule has 2 heterocycles. The summed E-state index contributed by atoms with van der Waals surface area (Å²) in [5, 5.41) is 0.259. The molecule has 1 fully saturated rings. The summed E-state index contributed by atoms with van der Waals surface area (Å²) in [6.45, 7) is 9.69. The third-order valence-electron chi connectivity index (χ3n) is 5.56. The number of nitrogen functional groups attached to an aromatic ring is 1. The Morgan fingerprint density at radius 2 is 1.96 bits per heavy atom. The highest BCUT2D eigenvalue weighted by Crippen LogP contribution is 2.29. The second kappa shape index (κ2) is 9.23. The third kappa shape index (κ3) is 5.45. The fraction of sp³-hybridized carbons (Fsp3) is 0.667. The van der Waals surface area contributed by atoms with Crippen LogP contribution in [0.4, 0.5) is 5.82 Å². The molecule has 0 aliphatic carbocycles. The van der Waals surface area contributed by atoms with Crippen molar-refractivity contribution in [3.63, 3.8) is 0 Å². The number of nitrogens with zero attached hydrogens (tertiary/aromatic N) is 2. The molecule has 1 atom stereocenters. The SMILES string of the molecule is COc1nc(N)c(Cl)cc1C(=O)CCC1CCN(C(C)C(=O)C(C)(C)C)CC1. The van der Waals surface area contributed by atoms with E-state index in [1.807, 2.05) is 27.7 Å². The molecule has 156 valence electrons. The van der Waals surface area contributed by atoms with Gasteiger partial charge in [0.05, 0.1) is 23.7 Å². The highest BCUT2D eigenvalue weighted by atomic mass is 35.5. The van der Waals surface area contributed by atoms with E-state index in [0.29, 0.717) is 17.9 Å². The minimum Gasteiger partial charge on any atom is -0.480 e. The normalized spacial score (nSPS) is 17.4. The van der Waals surface area contributed by atoms with Gasteiger partial charge in [-0.25, -0.2) is 0 Å². The van der Waals surface area contributed by atoms with Crippen LogP contribution in [0.2, 0.25) is 5.02 Å². The molecular weight excluding hydrogens is 378 g/mol. The zero-order valence-corrected chi connectivity index (χ0v) is 18.3. The highest BCUT2D eigenvalue weighted by Gasteiger charge is 2.32. The van der Waals surface area contributed by atoms with Gasteiger partial charge in [0.1, 0.15) is 5.82 Å². The molecule has 0 amide bonds. The van der Waals surface area contributed by atoms with Crippen molar-refractivity contribution in [2.75, 3.05) is 25.9 Å². The number of halogens is 1. The number of rotatable bonds is 7. The number of anilines is 1. The number of aromatic nitrogens is 1. The predicted octanol–water partition coefficient (Wildman–Crippen LogP) is 4.00. The first-order chi connectivity index (χ1) is 13.0.